The molecule has 0 aliphatic rings. The topological polar surface area (TPSA) is 54.4 Å². The van der Waals surface area contributed by atoms with Crippen molar-refractivity contribution in [3.05, 3.63) is 34.9 Å². The van der Waals surface area contributed by atoms with Crippen molar-refractivity contribution in [3.63, 3.8) is 0 Å². The summed E-state index contributed by atoms with van der Waals surface area (Å²) in [6.45, 7) is 0. The highest BCUT2D eigenvalue weighted by atomic mass is 35.5. The van der Waals surface area contributed by atoms with E-state index in [1.165, 1.54) is 0 Å². The van der Waals surface area contributed by atoms with Crippen LogP contribution >= 0.6 is 11.6 Å². The van der Waals surface area contributed by atoms with Crippen molar-refractivity contribution < 1.29 is 13.5 Å². The highest BCUT2D eigenvalue weighted by molar-refractivity contribution is 7.90. The SMILES string of the molecule is CS(=O)(=O)CCC(O)c1ccc(Cl)cc1. The number of aliphatic hydroxyl groups is 1. The molecule has 0 aliphatic heterocycles. The Morgan fingerprint density at radius 2 is 1.87 bits per heavy atom. The molecular weight excluding hydrogens is 236 g/mol. The van der Waals surface area contributed by atoms with Gasteiger partial charge in [0, 0.05) is 11.3 Å². The molecule has 3 nitrogen and oxygen atoms in total. The third kappa shape index (κ3) is 4.64. The summed E-state index contributed by atoms with van der Waals surface area (Å²) < 4.78 is 21.8. The molecule has 1 aromatic rings. The van der Waals surface area contributed by atoms with Crippen LogP contribution in [0.3, 0.4) is 0 Å². The minimum absolute atomic E-state index is 0.0171. The summed E-state index contributed by atoms with van der Waals surface area (Å²) in [5.41, 5.74) is 0.683. The van der Waals surface area contributed by atoms with Crippen LogP contribution in [0.4, 0.5) is 0 Å². The minimum Gasteiger partial charge on any atom is -0.388 e. The number of sulfone groups is 1. The van der Waals surface area contributed by atoms with E-state index in [0.29, 0.717) is 10.6 Å². The second-order valence-corrected chi connectivity index (χ2v) is 6.18. The first-order valence-electron chi connectivity index (χ1n) is 4.50. The quantitative estimate of drug-likeness (QED) is 0.884. The highest BCUT2D eigenvalue weighted by Gasteiger charge is 2.11. The van der Waals surface area contributed by atoms with E-state index >= 15 is 0 Å². The first kappa shape index (κ1) is 12.5. The molecule has 84 valence electrons. The molecule has 0 bridgehead atoms. The fourth-order valence-electron chi connectivity index (χ4n) is 1.18. The molecule has 0 amide bonds. The number of benzene rings is 1. The summed E-state index contributed by atoms with van der Waals surface area (Å²) in [4.78, 5) is 0. The molecule has 0 aliphatic carbocycles. The molecule has 1 rings (SSSR count). The zero-order valence-corrected chi connectivity index (χ0v) is 9.92. The highest BCUT2D eigenvalue weighted by Crippen LogP contribution is 2.19. The normalized spacial score (nSPS) is 13.8. The van der Waals surface area contributed by atoms with Gasteiger partial charge in [0.2, 0.25) is 0 Å². The van der Waals surface area contributed by atoms with E-state index in [1.54, 1.807) is 24.3 Å². The molecule has 5 heteroatoms. The van der Waals surface area contributed by atoms with Gasteiger partial charge in [-0.3, -0.25) is 0 Å². The van der Waals surface area contributed by atoms with Crippen LogP contribution in [0.5, 0.6) is 0 Å². The third-order valence-electron chi connectivity index (χ3n) is 2.02. The van der Waals surface area contributed by atoms with E-state index in [0.717, 1.165) is 6.26 Å². The molecule has 0 heterocycles. The number of hydrogen-bond acceptors (Lipinski definition) is 3. The summed E-state index contributed by atoms with van der Waals surface area (Å²) in [5, 5.41) is 10.3. The van der Waals surface area contributed by atoms with Crippen molar-refractivity contribution >= 4 is 21.4 Å². The van der Waals surface area contributed by atoms with Gasteiger partial charge in [-0.1, -0.05) is 23.7 Å². The minimum atomic E-state index is -3.02. The van der Waals surface area contributed by atoms with Gasteiger partial charge >= 0.3 is 0 Å². The Balaban J connectivity index is 2.61. The Hall–Kier alpha value is -0.580. The van der Waals surface area contributed by atoms with Gasteiger partial charge in [0.25, 0.3) is 0 Å². The van der Waals surface area contributed by atoms with Crippen LogP contribution in [0, 0.1) is 0 Å². The van der Waals surface area contributed by atoms with Gasteiger partial charge in [-0.15, -0.1) is 0 Å². The lowest BCUT2D eigenvalue weighted by atomic mass is 10.1. The zero-order chi connectivity index (χ0) is 11.5. The van der Waals surface area contributed by atoms with Crippen LogP contribution < -0.4 is 0 Å². The Morgan fingerprint density at radius 3 is 2.33 bits per heavy atom. The number of hydrogen-bond donors (Lipinski definition) is 1. The lowest BCUT2D eigenvalue weighted by Crippen LogP contribution is -2.08. The molecule has 1 unspecified atom stereocenters. The molecule has 0 saturated carbocycles. The fraction of sp³-hybridized carbons (Fsp3) is 0.400. The molecule has 15 heavy (non-hydrogen) atoms. The molecule has 1 atom stereocenters. The maximum atomic E-state index is 10.9. The van der Waals surface area contributed by atoms with E-state index in [-0.39, 0.29) is 12.2 Å². The fourth-order valence-corrected chi connectivity index (χ4v) is 1.95. The summed E-state index contributed by atoms with van der Waals surface area (Å²) >= 11 is 5.69. The van der Waals surface area contributed by atoms with Crippen LogP contribution in [-0.2, 0) is 9.84 Å². The van der Waals surface area contributed by atoms with Crippen molar-refractivity contribution in [2.75, 3.05) is 12.0 Å². The summed E-state index contributed by atoms with van der Waals surface area (Å²) in [6, 6.07) is 6.71. The molecular formula is C10H13ClO3S. The van der Waals surface area contributed by atoms with Gasteiger partial charge in [-0.25, -0.2) is 8.42 Å². The molecule has 0 saturated heterocycles. The third-order valence-corrected chi connectivity index (χ3v) is 3.25. The van der Waals surface area contributed by atoms with Gasteiger partial charge in [0.15, 0.2) is 0 Å². The van der Waals surface area contributed by atoms with Crippen molar-refractivity contribution in [2.24, 2.45) is 0 Å². The second-order valence-electron chi connectivity index (χ2n) is 3.49. The van der Waals surface area contributed by atoms with Crippen molar-refractivity contribution in [1.29, 1.82) is 0 Å². The van der Waals surface area contributed by atoms with Crippen LogP contribution in [0.1, 0.15) is 18.1 Å². The molecule has 0 radical (unpaired) electrons. The van der Waals surface area contributed by atoms with Gasteiger partial charge in [0.1, 0.15) is 9.84 Å². The molecule has 0 aromatic heterocycles. The van der Waals surface area contributed by atoms with Gasteiger partial charge in [-0.2, -0.15) is 0 Å². The van der Waals surface area contributed by atoms with Gasteiger partial charge in [0.05, 0.1) is 11.9 Å². The van der Waals surface area contributed by atoms with Crippen LogP contribution in [0.15, 0.2) is 24.3 Å². The summed E-state index contributed by atoms with van der Waals surface area (Å²) in [6.07, 6.45) is 0.610. The van der Waals surface area contributed by atoms with E-state index < -0.39 is 15.9 Å². The van der Waals surface area contributed by atoms with E-state index in [2.05, 4.69) is 0 Å². The largest absolute Gasteiger partial charge is 0.388 e. The number of halogens is 1. The van der Waals surface area contributed by atoms with Crippen LogP contribution in [0.25, 0.3) is 0 Å². The first-order valence-corrected chi connectivity index (χ1v) is 6.93. The summed E-state index contributed by atoms with van der Waals surface area (Å²) in [5.74, 6) is -0.0171. The van der Waals surface area contributed by atoms with E-state index in [1.807, 2.05) is 0 Å². The maximum absolute atomic E-state index is 10.9. The predicted octanol–water partition coefficient (Wildman–Crippen LogP) is 1.81. The van der Waals surface area contributed by atoms with Crippen molar-refractivity contribution in [2.45, 2.75) is 12.5 Å². The second kappa shape index (κ2) is 4.96. The van der Waals surface area contributed by atoms with Gasteiger partial charge < -0.3 is 5.11 Å². The summed E-state index contributed by atoms with van der Waals surface area (Å²) in [7, 11) is -3.02. The Labute approximate surface area is 94.6 Å². The Bertz CT molecular complexity index is 411. The van der Waals surface area contributed by atoms with Crippen molar-refractivity contribution in [1.82, 2.24) is 0 Å². The molecule has 1 N–H and O–H groups in total. The Morgan fingerprint density at radius 1 is 1.33 bits per heavy atom. The maximum Gasteiger partial charge on any atom is 0.147 e. The smallest absolute Gasteiger partial charge is 0.147 e. The average Bonchev–Trinajstić information content (AvgIpc) is 2.14. The van der Waals surface area contributed by atoms with Crippen LogP contribution in [0.2, 0.25) is 5.02 Å². The Kier molecular flexibility index (Phi) is 4.13. The standard InChI is InChI=1S/C10H13ClO3S/c1-15(13,14)7-6-10(12)8-2-4-9(11)5-3-8/h2-5,10,12H,6-7H2,1H3. The van der Waals surface area contributed by atoms with E-state index in [4.69, 9.17) is 11.6 Å². The number of rotatable bonds is 4. The molecule has 1 aromatic carbocycles. The van der Waals surface area contributed by atoms with E-state index in [9.17, 15) is 13.5 Å². The first-order chi connectivity index (χ1) is 6.88. The molecule has 0 fully saturated rings. The van der Waals surface area contributed by atoms with Gasteiger partial charge in [-0.05, 0) is 24.1 Å². The average molecular weight is 249 g/mol. The zero-order valence-electron chi connectivity index (χ0n) is 8.35. The monoisotopic (exact) mass is 248 g/mol. The number of aliphatic hydroxyl groups excluding tert-OH is 1. The lowest BCUT2D eigenvalue weighted by Gasteiger charge is -2.09. The van der Waals surface area contributed by atoms with Crippen LogP contribution in [-0.4, -0.2) is 25.5 Å². The lowest BCUT2D eigenvalue weighted by molar-refractivity contribution is 0.174. The molecule has 0 spiro atoms. The predicted molar refractivity (Wildman–Crippen MR) is 60.7 cm³/mol. The van der Waals surface area contributed by atoms with Crippen molar-refractivity contribution in [3.8, 4) is 0 Å².